The van der Waals surface area contributed by atoms with Crippen LogP contribution in [-0.4, -0.2) is 44.3 Å². The molecule has 0 radical (unpaired) electrons. The third-order valence-corrected chi connectivity index (χ3v) is 6.17. The molecule has 2 rings (SSSR count). The Morgan fingerprint density at radius 2 is 1.83 bits per heavy atom. The Balaban J connectivity index is 2.45. The fourth-order valence-corrected chi connectivity index (χ4v) is 4.68. The molecule has 0 aliphatic heterocycles. The summed E-state index contributed by atoms with van der Waals surface area (Å²) in [5, 5.41) is 42.0. The summed E-state index contributed by atoms with van der Waals surface area (Å²) < 4.78 is 0. The molecule has 7 unspecified atom stereocenters. The molecule has 1 saturated carbocycles. The summed E-state index contributed by atoms with van der Waals surface area (Å²) in [6.45, 7) is 9.55. The van der Waals surface area contributed by atoms with Crippen molar-refractivity contribution in [3.8, 4) is 0 Å². The molecule has 2 aliphatic rings. The number of hydrogen-bond donors (Lipinski definition) is 4. The van der Waals surface area contributed by atoms with Crippen LogP contribution in [0.15, 0.2) is 23.8 Å². The summed E-state index contributed by atoms with van der Waals surface area (Å²) in [4.78, 5) is 0. The van der Waals surface area contributed by atoms with Gasteiger partial charge in [0.25, 0.3) is 0 Å². The van der Waals surface area contributed by atoms with Gasteiger partial charge < -0.3 is 20.4 Å². The average Bonchev–Trinajstić information content (AvgIpc) is 2.81. The molecule has 4 nitrogen and oxygen atoms in total. The van der Waals surface area contributed by atoms with Crippen LogP contribution in [0, 0.1) is 23.2 Å². The second kappa shape index (κ2) is 6.91. The van der Waals surface area contributed by atoms with Crippen molar-refractivity contribution in [3.05, 3.63) is 23.8 Å². The molecule has 4 N–H and O–H groups in total. The van der Waals surface area contributed by atoms with Gasteiger partial charge in [-0.1, -0.05) is 37.6 Å². The summed E-state index contributed by atoms with van der Waals surface area (Å²) in [5.74, 6) is -0.226. The number of hydrogen-bond acceptors (Lipinski definition) is 4. The second-order valence-electron chi connectivity index (χ2n) is 8.81. The Bertz CT molecular complexity index is 504. The van der Waals surface area contributed by atoms with Crippen LogP contribution < -0.4 is 0 Å². The third-order valence-electron chi connectivity index (χ3n) is 6.17. The standard InChI is InChI=1S/C20H34O4/c1-12-10-15(21)17-14(19(3,4)24)7-9-20(17,5)8-6-13(2)18(23)16(22)11-12/h6,8,11,13-18,21-24H,7,9-10H2,1-5H3. The topological polar surface area (TPSA) is 80.9 Å². The molecule has 0 spiro atoms. The zero-order chi connectivity index (χ0) is 18.3. The lowest BCUT2D eigenvalue weighted by Crippen LogP contribution is -2.43. The summed E-state index contributed by atoms with van der Waals surface area (Å²) in [5.41, 5.74) is -0.209. The summed E-state index contributed by atoms with van der Waals surface area (Å²) in [7, 11) is 0. The minimum absolute atomic E-state index is 0.0147. The van der Waals surface area contributed by atoms with Crippen molar-refractivity contribution in [1.82, 2.24) is 0 Å². The van der Waals surface area contributed by atoms with Gasteiger partial charge in [0.1, 0.15) is 0 Å². The van der Waals surface area contributed by atoms with Crippen molar-refractivity contribution >= 4 is 0 Å². The average molecular weight is 338 g/mol. The molecule has 0 aromatic carbocycles. The molecule has 0 heterocycles. The Kier molecular flexibility index (Phi) is 5.65. The molecule has 24 heavy (non-hydrogen) atoms. The number of allylic oxidation sites excluding steroid dienone is 1. The lowest BCUT2D eigenvalue weighted by Gasteiger charge is -2.40. The van der Waals surface area contributed by atoms with Crippen LogP contribution in [0.1, 0.15) is 53.9 Å². The molecule has 1 fully saturated rings. The molecule has 0 amide bonds. The molecular weight excluding hydrogens is 304 g/mol. The highest BCUT2D eigenvalue weighted by molar-refractivity contribution is 5.16. The number of fused-ring (bicyclic) bond motifs is 1. The highest BCUT2D eigenvalue weighted by atomic mass is 16.3. The normalized spacial score (nSPS) is 44.6. The lowest BCUT2D eigenvalue weighted by atomic mass is 9.68. The van der Waals surface area contributed by atoms with E-state index < -0.39 is 23.9 Å². The van der Waals surface area contributed by atoms with Gasteiger partial charge in [-0.2, -0.15) is 0 Å². The van der Waals surface area contributed by atoms with Gasteiger partial charge in [-0.15, -0.1) is 0 Å². The molecule has 4 heteroatoms. The predicted octanol–water partition coefficient (Wildman–Crippen LogP) is 2.41. The summed E-state index contributed by atoms with van der Waals surface area (Å²) >= 11 is 0. The fraction of sp³-hybridized carbons (Fsp3) is 0.800. The van der Waals surface area contributed by atoms with Crippen LogP contribution in [0.2, 0.25) is 0 Å². The summed E-state index contributed by atoms with van der Waals surface area (Å²) in [6.07, 6.45) is 5.51. The van der Waals surface area contributed by atoms with Gasteiger partial charge in [0.05, 0.1) is 23.9 Å². The highest BCUT2D eigenvalue weighted by Gasteiger charge is 2.51. The molecular formula is C20H34O4. The van der Waals surface area contributed by atoms with E-state index in [1.54, 1.807) is 6.08 Å². The Morgan fingerprint density at radius 1 is 1.21 bits per heavy atom. The summed E-state index contributed by atoms with van der Waals surface area (Å²) in [6, 6.07) is 0. The van der Waals surface area contributed by atoms with E-state index in [-0.39, 0.29) is 23.2 Å². The van der Waals surface area contributed by atoms with Crippen molar-refractivity contribution < 1.29 is 20.4 Å². The minimum Gasteiger partial charge on any atom is -0.392 e. The number of aliphatic hydroxyl groups is 4. The van der Waals surface area contributed by atoms with Gasteiger partial charge in [0.15, 0.2) is 0 Å². The smallest absolute Gasteiger partial charge is 0.0988 e. The van der Waals surface area contributed by atoms with E-state index in [1.807, 2.05) is 33.8 Å². The predicted molar refractivity (Wildman–Crippen MR) is 95.3 cm³/mol. The Morgan fingerprint density at radius 3 is 2.42 bits per heavy atom. The maximum atomic E-state index is 11.0. The second-order valence-corrected chi connectivity index (χ2v) is 8.81. The maximum Gasteiger partial charge on any atom is 0.0988 e. The number of aliphatic hydroxyl groups excluding tert-OH is 3. The monoisotopic (exact) mass is 338 g/mol. The maximum absolute atomic E-state index is 11.0. The van der Waals surface area contributed by atoms with Crippen molar-refractivity contribution in [2.75, 3.05) is 0 Å². The van der Waals surface area contributed by atoms with Crippen molar-refractivity contribution in [2.45, 2.75) is 77.8 Å². The van der Waals surface area contributed by atoms with Crippen molar-refractivity contribution in [2.24, 2.45) is 23.2 Å². The Labute approximate surface area is 145 Å². The van der Waals surface area contributed by atoms with Crippen LogP contribution in [-0.2, 0) is 0 Å². The van der Waals surface area contributed by atoms with Gasteiger partial charge in [-0.25, -0.2) is 0 Å². The quantitative estimate of drug-likeness (QED) is 0.554. The molecule has 0 bridgehead atoms. The van der Waals surface area contributed by atoms with Gasteiger partial charge in [-0.05, 0) is 57.3 Å². The lowest BCUT2D eigenvalue weighted by molar-refractivity contribution is -0.0509. The van der Waals surface area contributed by atoms with E-state index in [4.69, 9.17) is 0 Å². The van der Waals surface area contributed by atoms with Gasteiger partial charge >= 0.3 is 0 Å². The van der Waals surface area contributed by atoms with Crippen molar-refractivity contribution in [1.29, 1.82) is 0 Å². The van der Waals surface area contributed by atoms with Crippen LogP contribution >= 0.6 is 0 Å². The first-order valence-corrected chi connectivity index (χ1v) is 9.09. The molecule has 0 aromatic rings. The van der Waals surface area contributed by atoms with Crippen LogP contribution in [0.25, 0.3) is 0 Å². The highest BCUT2D eigenvalue weighted by Crippen LogP contribution is 2.54. The van der Waals surface area contributed by atoms with Gasteiger partial charge in [-0.3, -0.25) is 0 Å². The Hall–Kier alpha value is -0.680. The van der Waals surface area contributed by atoms with Crippen molar-refractivity contribution in [3.63, 3.8) is 0 Å². The molecule has 2 aliphatic carbocycles. The largest absolute Gasteiger partial charge is 0.392 e. The first-order chi connectivity index (χ1) is 11.0. The van der Waals surface area contributed by atoms with E-state index in [9.17, 15) is 20.4 Å². The van der Waals surface area contributed by atoms with E-state index in [0.717, 1.165) is 18.4 Å². The van der Waals surface area contributed by atoms with Gasteiger partial charge in [0.2, 0.25) is 0 Å². The molecule has 138 valence electrons. The van der Waals surface area contributed by atoms with E-state index in [0.29, 0.717) is 6.42 Å². The zero-order valence-corrected chi connectivity index (χ0v) is 15.6. The van der Waals surface area contributed by atoms with E-state index in [1.165, 1.54) is 0 Å². The third kappa shape index (κ3) is 3.93. The van der Waals surface area contributed by atoms with Gasteiger partial charge in [0, 0.05) is 5.92 Å². The first kappa shape index (κ1) is 19.6. The molecule has 0 aromatic heterocycles. The minimum atomic E-state index is -0.937. The number of rotatable bonds is 1. The zero-order valence-electron chi connectivity index (χ0n) is 15.6. The fourth-order valence-electron chi connectivity index (χ4n) is 4.68. The van der Waals surface area contributed by atoms with Crippen LogP contribution in [0.3, 0.4) is 0 Å². The van der Waals surface area contributed by atoms with Crippen LogP contribution in [0.4, 0.5) is 0 Å². The van der Waals surface area contributed by atoms with Crippen LogP contribution in [0.5, 0.6) is 0 Å². The first-order valence-electron chi connectivity index (χ1n) is 9.09. The molecule has 0 saturated heterocycles. The molecule has 7 atom stereocenters. The van der Waals surface area contributed by atoms with E-state index in [2.05, 4.69) is 13.0 Å². The van der Waals surface area contributed by atoms with E-state index >= 15 is 0 Å². The SMILES string of the molecule is CC1=CC(O)C(O)C(C)C=CC2(C)CCC(C(C)(C)O)C2C(O)C1.